The minimum atomic E-state index is 0. The summed E-state index contributed by atoms with van der Waals surface area (Å²) in [4.78, 5) is 0. The van der Waals surface area contributed by atoms with Crippen molar-refractivity contribution < 1.29 is 129 Å². The Morgan fingerprint density at radius 2 is 0.500 bits per heavy atom. The zero-order valence-corrected chi connectivity index (χ0v) is 27.9. The van der Waals surface area contributed by atoms with Crippen molar-refractivity contribution in [2.45, 2.75) is 69.2 Å². The zero-order chi connectivity index (χ0) is 15.8. The Morgan fingerprint density at radius 3 is 0.538 bits per heavy atom. The average Bonchev–Trinajstić information content (AvgIpc) is 2.71. The molecule has 0 nitrogen and oxygen atoms in total. The molecule has 0 aliphatic heterocycles. The molecule has 0 spiro atoms. The second kappa shape index (κ2) is 18.4. The van der Waals surface area contributed by atoms with Crippen LogP contribution >= 0.6 is 0 Å². The van der Waals surface area contributed by atoms with Gasteiger partial charge in [-0.15, -0.1) is 0 Å². The van der Waals surface area contributed by atoms with Crippen LogP contribution in [0.5, 0.6) is 0 Å². The maximum absolute atomic E-state index is 2.20. The van der Waals surface area contributed by atoms with Crippen LogP contribution in [0.2, 0.25) is 0 Å². The monoisotopic (exact) mass is 896 g/mol. The predicted octanol–water partition coefficient (Wildman–Crippen LogP) is -6.09. The summed E-state index contributed by atoms with van der Waals surface area (Å²) in [6, 6.07) is 0. The van der Waals surface area contributed by atoms with Crippen LogP contribution in [0.1, 0.15) is 55.6 Å². The molecule has 156 valence electrons. The van der Waals surface area contributed by atoms with E-state index in [0.717, 1.165) is 0 Å². The van der Waals surface area contributed by atoms with E-state index in [2.05, 4.69) is 69.2 Å². The van der Waals surface area contributed by atoms with Gasteiger partial charge in [-0.25, -0.2) is 0 Å². The Bertz CT molecular complexity index is 424. The SMILES string of the molecule is Cc1c(C)c(C)[c-](C)c1C.Cc1c(C)c(C)[c-](C)c1C.[Co+3].[Co+3].[I-].[I-].[I-].[I-]. The molecular formula is C20H30Co2I4. The van der Waals surface area contributed by atoms with E-state index in [1.54, 1.807) is 0 Å². The molecular weight excluding hydrogens is 866 g/mol. The molecule has 0 radical (unpaired) electrons. The molecule has 0 atom stereocenters. The summed E-state index contributed by atoms with van der Waals surface area (Å²) in [5, 5.41) is 0. The summed E-state index contributed by atoms with van der Waals surface area (Å²) >= 11 is 0. The number of rotatable bonds is 0. The van der Waals surface area contributed by atoms with Crippen molar-refractivity contribution in [2.75, 3.05) is 0 Å². The Balaban J connectivity index is -0.0000000625. The van der Waals surface area contributed by atoms with E-state index < -0.39 is 0 Å². The van der Waals surface area contributed by atoms with Crippen LogP contribution in [-0.2, 0) is 33.6 Å². The maximum atomic E-state index is 2.20. The van der Waals surface area contributed by atoms with Crippen molar-refractivity contribution in [1.29, 1.82) is 0 Å². The van der Waals surface area contributed by atoms with E-state index in [-0.39, 0.29) is 129 Å². The molecule has 2 aromatic rings. The van der Waals surface area contributed by atoms with Crippen molar-refractivity contribution in [3.63, 3.8) is 0 Å². The van der Waals surface area contributed by atoms with E-state index in [9.17, 15) is 0 Å². The molecule has 0 amide bonds. The maximum Gasteiger partial charge on any atom is 3.00 e. The fourth-order valence-electron chi connectivity index (χ4n) is 2.81. The summed E-state index contributed by atoms with van der Waals surface area (Å²) in [6.07, 6.45) is 0. The van der Waals surface area contributed by atoms with Crippen LogP contribution < -0.4 is 95.9 Å². The molecule has 0 bridgehead atoms. The first-order chi connectivity index (χ1) is 9.11. The molecule has 26 heavy (non-hydrogen) atoms. The summed E-state index contributed by atoms with van der Waals surface area (Å²) in [5.41, 5.74) is 14.7. The van der Waals surface area contributed by atoms with Crippen molar-refractivity contribution in [1.82, 2.24) is 0 Å². The molecule has 0 N–H and O–H groups in total. The molecule has 0 saturated carbocycles. The third-order valence-electron chi connectivity index (χ3n) is 5.62. The van der Waals surface area contributed by atoms with Crippen molar-refractivity contribution in [3.8, 4) is 0 Å². The average molecular weight is 896 g/mol. The van der Waals surface area contributed by atoms with Gasteiger partial charge >= 0.3 is 33.6 Å². The van der Waals surface area contributed by atoms with Crippen LogP contribution in [0.25, 0.3) is 0 Å². The first-order valence-electron chi connectivity index (χ1n) is 7.50. The van der Waals surface area contributed by atoms with Crippen molar-refractivity contribution >= 4 is 0 Å². The van der Waals surface area contributed by atoms with Gasteiger partial charge in [-0.05, 0) is 0 Å². The van der Waals surface area contributed by atoms with Crippen molar-refractivity contribution in [3.05, 3.63) is 55.6 Å². The van der Waals surface area contributed by atoms with E-state index in [4.69, 9.17) is 0 Å². The molecule has 0 fully saturated rings. The normalized spacial score (nSPS) is 8.08. The van der Waals surface area contributed by atoms with Crippen LogP contribution in [0.15, 0.2) is 0 Å². The summed E-state index contributed by atoms with van der Waals surface area (Å²) < 4.78 is 0. The van der Waals surface area contributed by atoms with Gasteiger partial charge in [-0.2, -0.15) is 55.6 Å². The Kier molecular flexibility index (Phi) is 30.2. The van der Waals surface area contributed by atoms with Crippen LogP contribution in [0, 0.1) is 69.2 Å². The molecule has 0 aliphatic rings. The molecule has 0 aromatic heterocycles. The van der Waals surface area contributed by atoms with E-state index in [0.29, 0.717) is 0 Å². The van der Waals surface area contributed by atoms with Gasteiger partial charge in [0.2, 0.25) is 0 Å². The zero-order valence-electron chi connectivity index (χ0n) is 17.2. The third kappa shape index (κ3) is 9.63. The quantitative estimate of drug-likeness (QED) is 0.183. The van der Waals surface area contributed by atoms with Gasteiger partial charge in [-0.3, -0.25) is 0 Å². The Morgan fingerprint density at radius 1 is 0.385 bits per heavy atom. The first-order valence-corrected chi connectivity index (χ1v) is 7.50. The molecule has 0 unspecified atom stereocenters. The fraction of sp³-hybridized carbons (Fsp3) is 0.500. The Labute approximate surface area is 250 Å². The Hall–Kier alpha value is 2.63. The molecule has 0 heterocycles. The van der Waals surface area contributed by atoms with Gasteiger partial charge in [0.05, 0.1) is 0 Å². The molecule has 6 heteroatoms. The molecule has 2 aromatic carbocycles. The molecule has 0 aliphatic carbocycles. The van der Waals surface area contributed by atoms with Gasteiger partial charge in [0.25, 0.3) is 0 Å². The van der Waals surface area contributed by atoms with Gasteiger partial charge in [0.15, 0.2) is 0 Å². The summed E-state index contributed by atoms with van der Waals surface area (Å²) in [6.45, 7) is 22.0. The van der Waals surface area contributed by atoms with Gasteiger partial charge < -0.3 is 95.9 Å². The second-order valence-corrected chi connectivity index (χ2v) is 6.25. The van der Waals surface area contributed by atoms with Crippen LogP contribution in [0.3, 0.4) is 0 Å². The summed E-state index contributed by atoms with van der Waals surface area (Å²) in [5.74, 6) is 0. The van der Waals surface area contributed by atoms with E-state index in [1.807, 2.05) is 0 Å². The van der Waals surface area contributed by atoms with Gasteiger partial charge in [0, 0.05) is 0 Å². The van der Waals surface area contributed by atoms with Gasteiger partial charge in [0.1, 0.15) is 0 Å². The second-order valence-electron chi connectivity index (χ2n) is 6.25. The predicted molar refractivity (Wildman–Crippen MR) is 91.4 cm³/mol. The number of hydrogen-bond acceptors (Lipinski definition) is 0. The smallest absolute Gasteiger partial charge is 1.00 e. The van der Waals surface area contributed by atoms with E-state index >= 15 is 0 Å². The van der Waals surface area contributed by atoms with E-state index in [1.165, 1.54) is 55.6 Å². The van der Waals surface area contributed by atoms with Crippen molar-refractivity contribution in [2.24, 2.45) is 0 Å². The third-order valence-corrected chi connectivity index (χ3v) is 5.62. The first kappa shape index (κ1) is 42.7. The van der Waals surface area contributed by atoms with Gasteiger partial charge in [-0.1, -0.05) is 69.2 Å². The van der Waals surface area contributed by atoms with Crippen LogP contribution in [0.4, 0.5) is 0 Å². The molecule has 2 rings (SSSR count). The standard InChI is InChI=1S/2C10H15.2Co.4HI/c2*1-6-7(2)9(4)10(5)8(6)3;;;;;;/h2*1-5H3;;;4*1H/q2*-1;2*+3;;;;/p-4. The topological polar surface area (TPSA) is 0 Å². The number of hydrogen-bond donors (Lipinski definition) is 0. The summed E-state index contributed by atoms with van der Waals surface area (Å²) in [7, 11) is 0. The van der Waals surface area contributed by atoms with Crippen LogP contribution in [-0.4, -0.2) is 0 Å². The minimum Gasteiger partial charge on any atom is -1.00 e. The number of halogens is 4. The largest absolute Gasteiger partial charge is 3.00 e. The minimum absolute atomic E-state index is 0. The molecule has 0 saturated heterocycles. The fourth-order valence-corrected chi connectivity index (χ4v) is 2.81.